The normalized spacial score (nSPS) is 16.6. The Morgan fingerprint density at radius 3 is 2.24 bits per heavy atom. The first-order chi connectivity index (χ1) is 17.8. The Labute approximate surface area is 214 Å². The van der Waals surface area contributed by atoms with Crippen molar-refractivity contribution in [3.05, 3.63) is 100 Å². The van der Waals surface area contributed by atoms with Gasteiger partial charge >= 0.3 is 5.97 Å². The largest absolute Gasteiger partial charge is 0.507 e. The molecule has 1 aliphatic heterocycles. The van der Waals surface area contributed by atoms with Gasteiger partial charge in [-0.1, -0.05) is 30.3 Å². The highest BCUT2D eigenvalue weighted by atomic mass is 16.5. The van der Waals surface area contributed by atoms with Gasteiger partial charge in [-0.3, -0.25) is 9.59 Å². The molecule has 0 radical (unpaired) electrons. The van der Waals surface area contributed by atoms with Gasteiger partial charge in [-0.25, -0.2) is 4.79 Å². The first kappa shape index (κ1) is 25.5. The van der Waals surface area contributed by atoms with E-state index in [2.05, 4.69) is 0 Å². The summed E-state index contributed by atoms with van der Waals surface area (Å²) in [5.74, 6) is -1.85. The van der Waals surface area contributed by atoms with Gasteiger partial charge < -0.3 is 24.6 Å². The maximum atomic E-state index is 13.3. The van der Waals surface area contributed by atoms with Crippen LogP contribution in [0.4, 0.5) is 0 Å². The van der Waals surface area contributed by atoms with Crippen LogP contribution >= 0.6 is 0 Å². The van der Waals surface area contributed by atoms with Crippen molar-refractivity contribution in [1.82, 2.24) is 4.90 Å². The number of rotatable bonds is 8. The zero-order valence-electron chi connectivity index (χ0n) is 20.7. The Balaban J connectivity index is 1.85. The van der Waals surface area contributed by atoms with E-state index in [1.165, 1.54) is 24.1 Å². The molecule has 1 fully saturated rings. The van der Waals surface area contributed by atoms with Gasteiger partial charge in [0.25, 0.3) is 11.7 Å². The summed E-state index contributed by atoms with van der Waals surface area (Å²) in [5, 5.41) is 20.6. The number of para-hydroxylation sites is 1. The molecule has 0 saturated carbocycles. The fraction of sp³-hybridized carbons (Fsp3) is 0.207. The lowest BCUT2D eigenvalue weighted by Crippen LogP contribution is -2.29. The van der Waals surface area contributed by atoms with Crippen LogP contribution in [0.2, 0.25) is 0 Å². The van der Waals surface area contributed by atoms with E-state index in [1.807, 2.05) is 13.8 Å². The average Bonchev–Trinajstić information content (AvgIpc) is 3.14. The molecular weight excluding hydrogens is 474 g/mol. The van der Waals surface area contributed by atoms with Crippen molar-refractivity contribution < 1.29 is 34.1 Å². The van der Waals surface area contributed by atoms with E-state index in [0.29, 0.717) is 34.8 Å². The molecule has 1 saturated heterocycles. The van der Waals surface area contributed by atoms with Gasteiger partial charge in [0.05, 0.1) is 30.9 Å². The van der Waals surface area contributed by atoms with Crippen molar-refractivity contribution in [2.75, 3.05) is 13.7 Å². The molecule has 0 spiro atoms. The summed E-state index contributed by atoms with van der Waals surface area (Å²) in [5.41, 5.74) is 2.37. The van der Waals surface area contributed by atoms with E-state index >= 15 is 0 Å². The van der Waals surface area contributed by atoms with E-state index in [4.69, 9.17) is 9.47 Å². The second kappa shape index (κ2) is 10.6. The van der Waals surface area contributed by atoms with Crippen molar-refractivity contribution in [1.29, 1.82) is 0 Å². The molecule has 8 heteroatoms. The average molecular weight is 502 g/mol. The van der Waals surface area contributed by atoms with Crippen molar-refractivity contribution in [3.8, 4) is 11.5 Å². The minimum Gasteiger partial charge on any atom is -0.507 e. The minimum absolute atomic E-state index is 0.0201. The molecule has 0 bridgehead atoms. The van der Waals surface area contributed by atoms with Crippen molar-refractivity contribution in [2.45, 2.75) is 26.4 Å². The predicted molar refractivity (Wildman–Crippen MR) is 137 cm³/mol. The number of aromatic carboxylic acids is 1. The number of carbonyl (C=O) groups excluding carboxylic acids is 2. The number of benzene rings is 3. The van der Waals surface area contributed by atoms with Crippen LogP contribution in [0.5, 0.6) is 11.5 Å². The number of hydrogen-bond acceptors (Lipinski definition) is 6. The number of likely N-dealkylation sites (tertiary alicyclic amines) is 1. The number of ether oxygens (including phenoxy) is 2. The van der Waals surface area contributed by atoms with E-state index in [0.717, 1.165) is 5.56 Å². The van der Waals surface area contributed by atoms with Crippen LogP contribution < -0.4 is 9.47 Å². The molecule has 3 aromatic carbocycles. The first-order valence-electron chi connectivity index (χ1n) is 11.7. The summed E-state index contributed by atoms with van der Waals surface area (Å²) in [6.45, 7) is 4.21. The summed E-state index contributed by atoms with van der Waals surface area (Å²) in [6.07, 6.45) is 0. The minimum atomic E-state index is -1.06. The Morgan fingerprint density at radius 2 is 1.62 bits per heavy atom. The lowest BCUT2D eigenvalue weighted by atomic mass is 9.94. The first-order valence-corrected chi connectivity index (χ1v) is 11.7. The van der Waals surface area contributed by atoms with Crippen LogP contribution in [0.25, 0.3) is 5.76 Å². The summed E-state index contributed by atoms with van der Waals surface area (Å²) in [6, 6.07) is 17.2. The van der Waals surface area contributed by atoms with Gasteiger partial charge in [-0.05, 0) is 61.4 Å². The van der Waals surface area contributed by atoms with Crippen molar-refractivity contribution in [2.24, 2.45) is 0 Å². The number of aliphatic hydroxyl groups is 1. The summed E-state index contributed by atoms with van der Waals surface area (Å²) >= 11 is 0. The number of nitrogens with zero attached hydrogens (tertiary/aromatic N) is 1. The quantitative estimate of drug-likeness (QED) is 0.261. The molecule has 1 unspecified atom stereocenters. The van der Waals surface area contributed by atoms with Crippen LogP contribution in [0.3, 0.4) is 0 Å². The van der Waals surface area contributed by atoms with Gasteiger partial charge in [0.15, 0.2) is 0 Å². The highest BCUT2D eigenvalue weighted by molar-refractivity contribution is 6.46. The molecule has 8 nitrogen and oxygen atoms in total. The fourth-order valence-corrected chi connectivity index (χ4v) is 4.48. The lowest BCUT2D eigenvalue weighted by Gasteiger charge is -2.26. The van der Waals surface area contributed by atoms with Gasteiger partial charge in [-0.15, -0.1) is 0 Å². The molecule has 4 rings (SSSR count). The summed E-state index contributed by atoms with van der Waals surface area (Å²) in [4.78, 5) is 39.2. The Kier molecular flexibility index (Phi) is 7.29. The summed E-state index contributed by atoms with van der Waals surface area (Å²) < 4.78 is 11.1. The Morgan fingerprint density at radius 1 is 0.946 bits per heavy atom. The van der Waals surface area contributed by atoms with Gasteiger partial charge in [0, 0.05) is 17.7 Å². The maximum absolute atomic E-state index is 13.3. The van der Waals surface area contributed by atoms with Gasteiger partial charge in [0.2, 0.25) is 0 Å². The number of aryl methyl sites for hydroxylation is 1. The number of Topliss-reactive ketones (excluding diaryl/α,β-unsaturated/α-hetero) is 1. The zero-order chi connectivity index (χ0) is 26.7. The molecule has 1 aliphatic rings. The molecule has 1 amide bonds. The molecule has 37 heavy (non-hydrogen) atoms. The molecule has 0 aliphatic carbocycles. The van der Waals surface area contributed by atoms with Crippen LogP contribution in [-0.4, -0.2) is 46.5 Å². The van der Waals surface area contributed by atoms with Crippen LogP contribution in [0, 0.1) is 6.92 Å². The standard InChI is InChI=1S/C29H27NO7/c1-4-37-22-14-13-20(15-17(22)2)26(31)24-25(21-7-5-6-8-23(21)36-3)30(28(33)27(24)32)16-18-9-11-19(12-10-18)29(34)35/h5-15,25,31H,4,16H2,1-3H3,(H,34,35)/b26-24+. The topological polar surface area (TPSA) is 113 Å². The molecule has 1 atom stereocenters. The third-order valence-corrected chi connectivity index (χ3v) is 6.28. The molecule has 3 aromatic rings. The second-order valence-electron chi connectivity index (χ2n) is 8.58. The van der Waals surface area contributed by atoms with Crippen LogP contribution in [0.15, 0.2) is 72.3 Å². The highest BCUT2D eigenvalue weighted by Crippen LogP contribution is 2.43. The van der Waals surface area contributed by atoms with E-state index in [-0.39, 0.29) is 23.4 Å². The third-order valence-electron chi connectivity index (χ3n) is 6.28. The number of methoxy groups -OCH3 is 1. The van der Waals surface area contributed by atoms with Crippen molar-refractivity contribution in [3.63, 3.8) is 0 Å². The number of amides is 1. The predicted octanol–water partition coefficient (Wildman–Crippen LogP) is 4.72. The summed E-state index contributed by atoms with van der Waals surface area (Å²) in [7, 11) is 1.49. The fourth-order valence-electron chi connectivity index (χ4n) is 4.48. The highest BCUT2D eigenvalue weighted by Gasteiger charge is 2.47. The maximum Gasteiger partial charge on any atom is 0.335 e. The van der Waals surface area contributed by atoms with Crippen LogP contribution in [0.1, 0.15) is 45.6 Å². The van der Waals surface area contributed by atoms with Crippen molar-refractivity contribution >= 4 is 23.4 Å². The number of aliphatic hydroxyl groups excluding tert-OH is 1. The van der Waals surface area contributed by atoms with E-state index in [9.17, 15) is 24.6 Å². The van der Waals surface area contributed by atoms with Crippen LogP contribution in [-0.2, 0) is 16.1 Å². The van der Waals surface area contributed by atoms with Gasteiger partial charge in [-0.2, -0.15) is 0 Å². The number of carboxylic acids is 1. The SMILES string of the molecule is CCOc1ccc(/C(O)=C2\C(=O)C(=O)N(Cc3ccc(C(=O)O)cc3)C2c2ccccc2OC)cc1C. The molecule has 190 valence electrons. The second-order valence-corrected chi connectivity index (χ2v) is 8.58. The van der Waals surface area contributed by atoms with Gasteiger partial charge in [0.1, 0.15) is 17.3 Å². The molecular formula is C29H27NO7. The number of carboxylic acid groups (broad SMARTS) is 1. The Bertz CT molecular complexity index is 1390. The Hall–Kier alpha value is -4.59. The third kappa shape index (κ3) is 4.91. The lowest BCUT2D eigenvalue weighted by molar-refractivity contribution is -0.140. The molecule has 1 heterocycles. The smallest absolute Gasteiger partial charge is 0.335 e. The zero-order valence-corrected chi connectivity index (χ0v) is 20.7. The monoisotopic (exact) mass is 501 g/mol. The number of hydrogen-bond donors (Lipinski definition) is 2. The number of carbonyl (C=O) groups is 3. The van der Waals surface area contributed by atoms with E-state index in [1.54, 1.807) is 54.6 Å². The number of ketones is 1. The molecule has 2 N–H and O–H groups in total. The molecule has 0 aromatic heterocycles. The van der Waals surface area contributed by atoms with E-state index < -0.39 is 23.7 Å².